The summed E-state index contributed by atoms with van der Waals surface area (Å²) >= 11 is 5.81. The van der Waals surface area contributed by atoms with Crippen LogP contribution in [-0.4, -0.2) is 20.7 Å². The summed E-state index contributed by atoms with van der Waals surface area (Å²) in [6, 6.07) is 9.83. The third-order valence-electron chi connectivity index (χ3n) is 4.44. The Bertz CT molecular complexity index is 876. The molecule has 2 aromatic carbocycles. The number of halogens is 1. The van der Waals surface area contributed by atoms with Crippen molar-refractivity contribution in [2.45, 2.75) is 37.1 Å². The Kier molecular flexibility index (Phi) is 4.76. The van der Waals surface area contributed by atoms with Crippen molar-refractivity contribution in [1.29, 1.82) is 0 Å². The molecule has 1 aliphatic rings. The first kappa shape index (κ1) is 17.1. The van der Waals surface area contributed by atoms with Gasteiger partial charge in [0.05, 0.1) is 4.90 Å². The molecule has 1 N–H and O–H groups in total. The predicted molar refractivity (Wildman–Crippen MR) is 94.2 cm³/mol. The Balaban J connectivity index is 1.81. The first-order chi connectivity index (χ1) is 11.4. The second-order valence-corrected chi connectivity index (χ2v) is 8.22. The van der Waals surface area contributed by atoms with Crippen LogP contribution >= 0.6 is 11.6 Å². The minimum Gasteiger partial charge on any atom is -0.298 e. The van der Waals surface area contributed by atoms with Crippen LogP contribution in [0.15, 0.2) is 41.3 Å². The third kappa shape index (κ3) is 3.38. The molecule has 0 aromatic heterocycles. The minimum absolute atomic E-state index is 0.180. The maximum Gasteiger partial charge on any atom is 0.240 e. The molecule has 126 valence electrons. The van der Waals surface area contributed by atoms with Gasteiger partial charge in [-0.05, 0) is 67.1 Å². The molecular weight excluding hydrogens is 346 g/mol. The van der Waals surface area contributed by atoms with Gasteiger partial charge in [0.15, 0.2) is 6.29 Å². The van der Waals surface area contributed by atoms with E-state index in [9.17, 15) is 13.2 Å². The number of nitrogens with one attached hydrogen (secondary N) is 1. The van der Waals surface area contributed by atoms with Crippen molar-refractivity contribution in [2.75, 3.05) is 0 Å². The molecule has 3 rings (SSSR count). The van der Waals surface area contributed by atoms with Crippen LogP contribution in [0.3, 0.4) is 0 Å². The fourth-order valence-electron chi connectivity index (χ4n) is 3.17. The number of carbonyl (C=O) groups excluding carboxylic acids is 1. The number of aldehydes is 1. The predicted octanol–water partition coefficient (Wildman–Crippen LogP) is 3.30. The van der Waals surface area contributed by atoms with Gasteiger partial charge in [-0.2, -0.15) is 0 Å². The van der Waals surface area contributed by atoms with E-state index in [1.54, 1.807) is 12.1 Å². The monoisotopic (exact) mass is 363 g/mol. The molecule has 6 heteroatoms. The summed E-state index contributed by atoms with van der Waals surface area (Å²) < 4.78 is 27.7. The molecule has 1 unspecified atom stereocenters. The van der Waals surface area contributed by atoms with E-state index in [2.05, 4.69) is 4.72 Å². The zero-order valence-corrected chi connectivity index (χ0v) is 14.8. The fraction of sp³-hybridized carbons (Fsp3) is 0.278. The van der Waals surface area contributed by atoms with E-state index < -0.39 is 10.0 Å². The van der Waals surface area contributed by atoms with Gasteiger partial charge in [-0.15, -0.1) is 0 Å². The lowest BCUT2D eigenvalue weighted by Crippen LogP contribution is -2.39. The SMILES string of the molecule is Cc1ccc2c(c1C=O)CCC(NS(=O)(=O)c1ccc(Cl)cc1)C2. The van der Waals surface area contributed by atoms with Crippen molar-refractivity contribution in [3.05, 3.63) is 63.7 Å². The number of hydrogen-bond donors (Lipinski definition) is 1. The van der Waals surface area contributed by atoms with Gasteiger partial charge in [0, 0.05) is 16.6 Å². The summed E-state index contributed by atoms with van der Waals surface area (Å²) in [7, 11) is -3.58. The van der Waals surface area contributed by atoms with Gasteiger partial charge in [-0.1, -0.05) is 23.7 Å². The van der Waals surface area contributed by atoms with E-state index in [0.717, 1.165) is 28.5 Å². The number of sulfonamides is 1. The standard InChI is InChI=1S/C18H18ClNO3S/c1-12-2-3-13-10-15(6-9-17(13)18(12)11-21)20-24(22,23)16-7-4-14(19)5-8-16/h2-5,7-8,11,15,20H,6,9-10H2,1H3. The van der Waals surface area contributed by atoms with Gasteiger partial charge in [0.2, 0.25) is 10.0 Å². The van der Waals surface area contributed by atoms with E-state index in [-0.39, 0.29) is 10.9 Å². The minimum atomic E-state index is -3.58. The molecule has 0 saturated carbocycles. The van der Waals surface area contributed by atoms with Gasteiger partial charge in [-0.25, -0.2) is 13.1 Å². The topological polar surface area (TPSA) is 63.2 Å². The molecule has 0 amide bonds. The largest absolute Gasteiger partial charge is 0.298 e. The third-order valence-corrected chi connectivity index (χ3v) is 6.23. The lowest BCUT2D eigenvalue weighted by molar-refractivity contribution is 0.112. The molecule has 0 aliphatic heterocycles. The molecule has 1 aliphatic carbocycles. The zero-order valence-electron chi connectivity index (χ0n) is 13.3. The van der Waals surface area contributed by atoms with Gasteiger partial charge in [0.25, 0.3) is 0 Å². The Labute approximate surface area is 146 Å². The Morgan fingerprint density at radius 3 is 2.54 bits per heavy atom. The van der Waals surface area contributed by atoms with E-state index in [4.69, 9.17) is 11.6 Å². The molecule has 1 atom stereocenters. The van der Waals surface area contributed by atoms with Gasteiger partial charge < -0.3 is 0 Å². The van der Waals surface area contributed by atoms with Crippen LogP contribution in [0.2, 0.25) is 5.02 Å². The summed E-state index contributed by atoms with van der Waals surface area (Å²) in [5.74, 6) is 0. The average molecular weight is 364 g/mol. The molecule has 4 nitrogen and oxygen atoms in total. The first-order valence-corrected chi connectivity index (χ1v) is 9.61. The van der Waals surface area contributed by atoms with Crippen molar-refractivity contribution in [1.82, 2.24) is 4.72 Å². The summed E-state index contributed by atoms with van der Waals surface area (Å²) in [5.41, 5.74) is 3.79. The molecular formula is C18H18ClNO3S. The molecule has 0 spiro atoms. The number of fused-ring (bicyclic) bond motifs is 1. The fourth-order valence-corrected chi connectivity index (χ4v) is 4.56. The first-order valence-electron chi connectivity index (χ1n) is 7.75. The van der Waals surface area contributed by atoms with Gasteiger partial charge >= 0.3 is 0 Å². The average Bonchev–Trinajstić information content (AvgIpc) is 2.55. The normalized spacial score (nSPS) is 17.3. The van der Waals surface area contributed by atoms with Crippen molar-refractivity contribution < 1.29 is 13.2 Å². The number of carbonyl (C=O) groups is 1. The smallest absolute Gasteiger partial charge is 0.240 e. The molecule has 0 fully saturated rings. The van der Waals surface area contributed by atoms with Crippen LogP contribution in [0.5, 0.6) is 0 Å². The van der Waals surface area contributed by atoms with E-state index >= 15 is 0 Å². The second-order valence-electron chi connectivity index (χ2n) is 6.07. The van der Waals surface area contributed by atoms with E-state index in [1.165, 1.54) is 12.1 Å². The molecule has 0 saturated heterocycles. The van der Waals surface area contributed by atoms with Crippen LogP contribution in [-0.2, 0) is 22.9 Å². The quantitative estimate of drug-likeness (QED) is 0.848. The molecule has 0 radical (unpaired) electrons. The van der Waals surface area contributed by atoms with Crippen LogP contribution in [0.4, 0.5) is 0 Å². The van der Waals surface area contributed by atoms with Crippen LogP contribution in [0.25, 0.3) is 0 Å². The number of aryl methyl sites for hydroxylation is 1. The zero-order chi connectivity index (χ0) is 17.3. The van der Waals surface area contributed by atoms with E-state index in [0.29, 0.717) is 24.3 Å². The van der Waals surface area contributed by atoms with E-state index in [1.807, 2.05) is 19.1 Å². The van der Waals surface area contributed by atoms with Crippen molar-refractivity contribution in [2.24, 2.45) is 0 Å². The highest BCUT2D eigenvalue weighted by Gasteiger charge is 2.26. The summed E-state index contributed by atoms with van der Waals surface area (Å²) in [6.07, 6.45) is 2.85. The maximum atomic E-state index is 12.5. The number of hydrogen-bond acceptors (Lipinski definition) is 3. The second kappa shape index (κ2) is 6.67. The highest BCUT2D eigenvalue weighted by molar-refractivity contribution is 7.89. The Morgan fingerprint density at radius 1 is 1.17 bits per heavy atom. The molecule has 2 aromatic rings. The van der Waals surface area contributed by atoms with Crippen molar-refractivity contribution in [3.63, 3.8) is 0 Å². The highest BCUT2D eigenvalue weighted by atomic mass is 35.5. The van der Waals surface area contributed by atoms with Gasteiger partial charge in [0.1, 0.15) is 0 Å². The van der Waals surface area contributed by atoms with Gasteiger partial charge in [-0.3, -0.25) is 4.79 Å². The number of benzene rings is 2. The molecule has 0 heterocycles. The van der Waals surface area contributed by atoms with Crippen LogP contribution < -0.4 is 4.72 Å². The maximum absolute atomic E-state index is 12.5. The lowest BCUT2D eigenvalue weighted by Gasteiger charge is -2.27. The molecule has 24 heavy (non-hydrogen) atoms. The number of rotatable bonds is 4. The van der Waals surface area contributed by atoms with Crippen LogP contribution in [0, 0.1) is 6.92 Å². The van der Waals surface area contributed by atoms with Crippen LogP contribution in [0.1, 0.15) is 33.5 Å². The summed E-state index contributed by atoms with van der Waals surface area (Å²) in [6.45, 7) is 1.92. The lowest BCUT2D eigenvalue weighted by atomic mass is 9.84. The Hall–Kier alpha value is -1.69. The highest BCUT2D eigenvalue weighted by Crippen LogP contribution is 2.27. The summed E-state index contributed by atoms with van der Waals surface area (Å²) in [4.78, 5) is 11.5. The molecule has 0 bridgehead atoms. The van der Waals surface area contributed by atoms with Crippen molar-refractivity contribution in [3.8, 4) is 0 Å². The van der Waals surface area contributed by atoms with Crippen molar-refractivity contribution >= 4 is 27.9 Å². The summed E-state index contributed by atoms with van der Waals surface area (Å²) in [5, 5.41) is 0.498. The Morgan fingerprint density at radius 2 is 1.88 bits per heavy atom.